The van der Waals surface area contributed by atoms with Crippen LogP contribution in [0.3, 0.4) is 0 Å². The van der Waals surface area contributed by atoms with Gasteiger partial charge in [0.25, 0.3) is 0 Å². The molecule has 144 heavy (non-hydrogen) atoms. The van der Waals surface area contributed by atoms with Crippen LogP contribution in [0.15, 0.2) is 231 Å². The fourth-order valence-corrected chi connectivity index (χ4v) is 14.0. The Morgan fingerprint density at radius 3 is 0.826 bits per heavy atom. The Morgan fingerprint density at radius 2 is 0.507 bits per heavy atom. The van der Waals surface area contributed by atoms with E-state index in [2.05, 4.69) is 122 Å². The normalized spacial score (nSPS) is 12.5. The van der Waals surface area contributed by atoms with Gasteiger partial charge in [0.15, 0.2) is 0 Å². The minimum Gasteiger partial charge on any atom is -0.475 e. The van der Waals surface area contributed by atoms with Crippen LogP contribution in [0.25, 0.3) is 0 Å². The van der Waals surface area contributed by atoms with E-state index in [0.29, 0.717) is 106 Å². The van der Waals surface area contributed by atoms with Crippen molar-refractivity contribution >= 4 is 145 Å². The summed E-state index contributed by atoms with van der Waals surface area (Å²) in [5, 5.41) is 22.8. The van der Waals surface area contributed by atoms with Crippen LogP contribution >= 0.6 is 46.4 Å². The Bertz CT molecular complexity index is 5860. The number of halogens is 8. The molecule has 0 unspecified atom stereocenters. The number of rotatable bonds is 31. The second kappa shape index (κ2) is 57.0. The molecule has 0 saturated carbocycles. The van der Waals surface area contributed by atoms with E-state index < -0.39 is 0 Å². The molecule has 760 valence electrons. The maximum Gasteiger partial charge on any atom is 0.320 e. The molecule has 3 aliphatic rings. The molecule has 7 aromatic heterocycles. The van der Waals surface area contributed by atoms with Crippen molar-refractivity contribution in [3.63, 3.8) is 0 Å². The molecule has 40 heteroatoms. The molecule has 0 bridgehead atoms. The summed E-state index contributed by atoms with van der Waals surface area (Å²) in [6.45, 7) is 33.9. The zero-order valence-corrected chi connectivity index (χ0v) is 85.6. The SMILES string of the molecule is CC(C)Oc1cc(Cl)nc(Nc2ccccc2)n1.CC(C)Oc1cc(N2CCCC2)nc(Nc2ccc(F)cc2)n1.CC(C)Oc1cc(N2CCCCC2)nc(Nc2ccc(F)cc2)n1.CC(C)Oc1cc(N2CCOCC2)nc(Nc2ccc(F)cc2)n1.CC(C)Oc1cc(Nc2ccccc2)nc(Cl)n1.CC(C)Oc1nc(Cl)cc(Nc2ccc(F)cc2)n1.CC(C)Oc1nc(Cl)cc(Nc2ccccc2)n1. The first kappa shape index (κ1) is 110. The van der Waals surface area contributed by atoms with Crippen molar-refractivity contribution in [2.75, 3.05) is 104 Å². The molecule has 7 N–H and O–H groups in total. The van der Waals surface area contributed by atoms with Gasteiger partial charge in [-0.2, -0.15) is 59.8 Å². The second-order valence-corrected chi connectivity index (χ2v) is 35.6. The highest BCUT2D eigenvalue weighted by Gasteiger charge is 2.22. The number of morpholine rings is 1. The molecule has 7 aromatic carbocycles. The minimum absolute atomic E-state index is 0.00745. The molecule has 17 rings (SSSR count). The number of ether oxygens (including phenoxy) is 8. The highest BCUT2D eigenvalue weighted by molar-refractivity contribution is 6.30. The molecule has 10 heterocycles. The van der Waals surface area contributed by atoms with Gasteiger partial charge < -0.3 is 89.8 Å². The summed E-state index contributed by atoms with van der Waals surface area (Å²) in [7, 11) is 0. The van der Waals surface area contributed by atoms with Gasteiger partial charge in [0.2, 0.25) is 58.5 Å². The molecule has 3 fully saturated rings. The van der Waals surface area contributed by atoms with Crippen molar-refractivity contribution in [3.8, 4) is 41.4 Å². The van der Waals surface area contributed by atoms with Crippen LogP contribution in [0.5, 0.6) is 41.4 Å². The van der Waals surface area contributed by atoms with Crippen molar-refractivity contribution in [2.24, 2.45) is 0 Å². The lowest BCUT2D eigenvalue weighted by Crippen LogP contribution is -2.36. The fourth-order valence-electron chi connectivity index (χ4n) is 13.3. The fraction of sp³-hybridized carbons (Fsp3) is 0.327. The Kier molecular flexibility index (Phi) is 43.5. The molecule has 0 aliphatic carbocycles. The maximum absolute atomic E-state index is 13.1. The average Bonchev–Trinajstić information content (AvgIpc) is 1.19. The van der Waals surface area contributed by atoms with Gasteiger partial charge in [-0.15, -0.1) is 0 Å². The highest BCUT2D eigenvalue weighted by Crippen LogP contribution is 2.33. The monoisotopic (exact) mass is 2050 g/mol. The number of aromatic nitrogens is 14. The molecule has 0 amide bonds. The summed E-state index contributed by atoms with van der Waals surface area (Å²) in [5.41, 5.74) is 5.65. The number of para-hydroxylation sites is 3. The van der Waals surface area contributed by atoms with Crippen LogP contribution in [0.1, 0.15) is 129 Å². The Hall–Kier alpha value is -14.5. The number of hydrogen-bond donors (Lipinski definition) is 7. The lowest BCUT2D eigenvalue weighted by molar-refractivity contribution is 0.122. The van der Waals surface area contributed by atoms with Crippen LogP contribution < -0.4 is 85.1 Å². The van der Waals surface area contributed by atoms with Crippen LogP contribution in [-0.4, -0.2) is 165 Å². The van der Waals surface area contributed by atoms with E-state index in [-0.39, 0.29) is 88.5 Å². The number of piperidine rings is 1. The standard InChI is InChI=1S/C18H23FN4O.C17H21FN4O2.C17H21FN4O.C13H13ClFN3O.3C13H14ClN3O/c1-13(2)24-17-12-16(23-10-4-3-5-11-23)21-18(22-17)20-15-8-6-14(19)7-9-15;1-12(2)24-16-11-15(22-7-9-23-10-8-22)20-17(21-16)19-14-5-3-13(18)4-6-14;1-12(2)23-16-11-15(22-9-3-4-10-22)20-17(21-16)19-14-7-5-13(18)6-8-14;1-8(2)19-13-17-11(14)7-12(18-13)16-10-5-3-9(15)4-6-10;1-9(2)18-12-8-11(16-13(14)17-12)15-10-6-4-3-5-7-10;1-9(2)18-12-8-11(14)16-13(17-12)15-10-6-4-3-5-7-10;1-9(2)18-13-16-11(14)8-12(17-13)15-10-6-4-3-5-7-10/h6-9,12-13H,3-5,10-11H2,1-2H3,(H,20,21,22);3-6,11-12H,7-10H2,1-2H3,(H,19,20,21);5-8,11-12H,3-4,9-10H2,1-2H3,(H,19,20,21);3-8H,1-2H3,(H,16,17,18);3*3-9H,1-2H3,(H,15,16,17). The Balaban J connectivity index is 0.000000161. The summed E-state index contributed by atoms with van der Waals surface area (Å²) >= 11 is 23.6. The summed E-state index contributed by atoms with van der Waals surface area (Å²) in [4.78, 5) is 66.4. The van der Waals surface area contributed by atoms with Gasteiger partial charge in [-0.1, -0.05) is 89.4 Å². The van der Waals surface area contributed by atoms with E-state index in [0.717, 1.165) is 85.2 Å². The van der Waals surface area contributed by atoms with Gasteiger partial charge in [-0.3, -0.25) is 0 Å². The van der Waals surface area contributed by atoms with Crippen LogP contribution in [0.2, 0.25) is 20.7 Å². The lowest BCUT2D eigenvalue weighted by Gasteiger charge is -2.28. The largest absolute Gasteiger partial charge is 0.475 e. The predicted molar refractivity (Wildman–Crippen MR) is 563 cm³/mol. The molecule has 0 atom stereocenters. The van der Waals surface area contributed by atoms with E-state index in [9.17, 15) is 17.6 Å². The quantitative estimate of drug-likeness (QED) is 0.0121. The lowest BCUT2D eigenvalue weighted by atomic mass is 10.1. The third kappa shape index (κ3) is 40.5. The zero-order valence-electron chi connectivity index (χ0n) is 82.6. The van der Waals surface area contributed by atoms with E-state index in [1.54, 1.807) is 72.8 Å². The first-order valence-electron chi connectivity index (χ1n) is 47.1. The predicted octanol–water partition coefficient (Wildman–Crippen LogP) is 25.6. The first-order valence-corrected chi connectivity index (χ1v) is 48.7. The molecule has 3 aliphatic heterocycles. The summed E-state index contributed by atoms with van der Waals surface area (Å²) < 4.78 is 96.3. The van der Waals surface area contributed by atoms with Gasteiger partial charge in [-0.05, 0) is 274 Å². The van der Waals surface area contributed by atoms with E-state index in [4.69, 9.17) is 84.3 Å². The summed E-state index contributed by atoms with van der Waals surface area (Å²) in [6.07, 6.45) is 6.08. The van der Waals surface area contributed by atoms with Gasteiger partial charge in [0.05, 0.1) is 55.9 Å². The molecular weight excluding hydrogens is 1930 g/mol. The molecular formula is C104H120Cl4F4N24O8. The molecule has 3 saturated heterocycles. The summed E-state index contributed by atoms with van der Waals surface area (Å²) in [5.74, 6) is 7.36. The third-order valence-electron chi connectivity index (χ3n) is 19.2. The summed E-state index contributed by atoms with van der Waals surface area (Å²) in [6, 6.07) is 65.9. The van der Waals surface area contributed by atoms with Gasteiger partial charge in [-0.25, -0.2) is 27.5 Å². The average molecular weight is 2050 g/mol. The van der Waals surface area contributed by atoms with Crippen molar-refractivity contribution in [1.29, 1.82) is 0 Å². The second-order valence-electron chi connectivity index (χ2n) is 34.1. The van der Waals surface area contributed by atoms with Crippen molar-refractivity contribution < 1.29 is 55.5 Å². The topological polar surface area (TPSA) is 348 Å². The number of anilines is 17. The van der Waals surface area contributed by atoms with Gasteiger partial charge >= 0.3 is 12.0 Å². The molecule has 14 aromatic rings. The smallest absolute Gasteiger partial charge is 0.320 e. The van der Waals surface area contributed by atoms with Crippen molar-refractivity contribution in [1.82, 2.24) is 69.8 Å². The molecule has 0 spiro atoms. The number of nitrogens with one attached hydrogen (secondary N) is 7. The van der Waals surface area contributed by atoms with Crippen LogP contribution in [-0.2, 0) is 4.74 Å². The van der Waals surface area contributed by atoms with Gasteiger partial charge in [0.1, 0.15) is 73.6 Å². The minimum atomic E-state index is -0.296. The number of benzene rings is 7. The van der Waals surface area contributed by atoms with E-state index in [1.165, 1.54) is 80.6 Å². The van der Waals surface area contributed by atoms with Gasteiger partial charge in [0, 0.05) is 122 Å². The number of hydrogen-bond acceptors (Lipinski definition) is 32. The zero-order chi connectivity index (χ0) is 103. The Labute approximate surface area is 857 Å². The highest BCUT2D eigenvalue weighted by atomic mass is 35.5. The van der Waals surface area contributed by atoms with E-state index >= 15 is 0 Å². The molecule has 0 radical (unpaired) electrons. The van der Waals surface area contributed by atoms with Crippen molar-refractivity contribution in [2.45, 2.75) is 172 Å². The van der Waals surface area contributed by atoms with Crippen molar-refractivity contribution in [3.05, 3.63) is 275 Å². The molecule has 32 nitrogen and oxygen atoms in total. The van der Waals surface area contributed by atoms with Crippen LogP contribution in [0, 0.1) is 23.3 Å². The third-order valence-corrected chi connectivity index (χ3v) is 20.0. The van der Waals surface area contributed by atoms with Crippen LogP contribution in [0.4, 0.5) is 116 Å². The Morgan fingerprint density at radius 1 is 0.250 bits per heavy atom. The maximum atomic E-state index is 13.1. The first-order chi connectivity index (χ1) is 69.2. The number of nitrogens with zero attached hydrogens (tertiary/aromatic N) is 17. The van der Waals surface area contributed by atoms with E-state index in [1.807, 2.05) is 206 Å².